The van der Waals surface area contributed by atoms with Crippen molar-refractivity contribution < 1.29 is 0 Å². The lowest BCUT2D eigenvalue weighted by molar-refractivity contribution is 1.38. The van der Waals surface area contributed by atoms with Gasteiger partial charge in [0.1, 0.15) is 6.07 Å². The van der Waals surface area contributed by atoms with Crippen LogP contribution in [0, 0.1) is 11.3 Å². The zero-order valence-electron chi connectivity index (χ0n) is 10.8. The van der Waals surface area contributed by atoms with Crippen molar-refractivity contribution in [1.82, 2.24) is 4.98 Å². The van der Waals surface area contributed by atoms with Crippen molar-refractivity contribution in [3.05, 3.63) is 63.7 Å². The maximum atomic E-state index is 9.18. The van der Waals surface area contributed by atoms with Gasteiger partial charge in [0.15, 0.2) is 0 Å². The molecule has 3 rings (SSSR count). The second kappa shape index (κ2) is 5.72. The Balaban J connectivity index is 2.11. The number of benzene rings is 2. The Kier molecular flexibility index (Phi) is 3.78. The normalized spacial score (nSPS) is 10.3. The second-order valence-electron chi connectivity index (χ2n) is 4.46. The summed E-state index contributed by atoms with van der Waals surface area (Å²) in [5.74, 6) is 0. The van der Waals surface area contributed by atoms with Gasteiger partial charge in [0.25, 0.3) is 0 Å². The van der Waals surface area contributed by atoms with E-state index in [9.17, 15) is 5.26 Å². The molecule has 0 aliphatic rings. The van der Waals surface area contributed by atoms with Crippen molar-refractivity contribution in [2.75, 3.05) is 5.32 Å². The number of hydrogen-bond acceptors (Lipinski definition) is 3. The van der Waals surface area contributed by atoms with E-state index in [1.165, 1.54) is 0 Å². The van der Waals surface area contributed by atoms with Crippen LogP contribution in [-0.4, -0.2) is 4.98 Å². The van der Waals surface area contributed by atoms with Gasteiger partial charge in [0.2, 0.25) is 0 Å². The molecule has 0 unspecified atom stereocenters. The quantitative estimate of drug-likeness (QED) is 0.679. The van der Waals surface area contributed by atoms with Crippen LogP contribution in [0.4, 0.5) is 11.4 Å². The van der Waals surface area contributed by atoms with Crippen molar-refractivity contribution in [3.8, 4) is 6.07 Å². The van der Waals surface area contributed by atoms with E-state index >= 15 is 0 Å². The first-order chi connectivity index (χ1) is 10.2. The van der Waals surface area contributed by atoms with Gasteiger partial charge < -0.3 is 5.32 Å². The third-order valence-electron chi connectivity index (χ3n) is 3.05. The topological polar surface area (TPSA) is 48.7 Å². The molecule has 0 radical (unpaired) electrons. The lowest BCUT2D eigenvalue weighted by Crippen LogP contribution is -1.95. The standard InChI is InChI=1S/C16H9BrClN3/c17-12-6-10-2-1-3-14(16(10)20-9-12)21-15-7-13(18)5-4-11(15)8-19/h1-7,9,21H. The highest BCUT2D eigenvalue weighted by atomic mass is 79.9. The first kappa shape index (κ1) is 13.9. The van der Waals surface area contributed by atoms with E-state index in [2.05, 4.69) is 32.3 Å². The number of nitrogens with zero attached hydrogens (tertiary/aromatic N) is 2. The van der Waals surface area contributed by atoms with Crippen LogP contribution in [0.5, 0.6) is 0 Å². The number of nitrogens with one attached hydrogen (secondary N) is 1. The monoisotopic (exact) mass is 357 g/mol. The lowest BCUT2D eigenvalue weighted by Gasteiger charge is -2.11. The first-order valence-electron chi connectivity index (χ1n) is 6.18. The van der Waals surface area contributed by atoms with Crippen molar-refractivity contribution in [2.45, 2.75) is 0 Å². The number of fused-ring (bicyclic) bond motifs is 1. The Morgan fingerprint density at radius 1 is 1.14 bits per heavy atom. The van der Waals surface area contributed by atoms with Gasteiger partial charge in [-0.2, -0.15) is 5.26 Å². The molecule has 1 N–H and O–H groups in total. The van der Waals surface area contributed by atoms with Gasteiger partial charge in [-0.3, -0.25) is 4.98 Å². The predicted octanol–water partition coefficient (Wildman–Crippen LogP) is 5.27. The molecule has 0 bridgehead atoms. The lowest BCUT2D eigenvalue weighted by atomic mass is 10.1. The molecule has 5 heteroatoms. The highest BCUT2D eigenvalue weighted by molar-refractivity contribution is 9.10. The van der Waals surface area contributed by atoms with E-state index in [0.717, 1.165) is 21.1 Å². The predicted molar refractivity (Wildman–Crippen MR) is 88.9 cm³/mol. The van der Waals surface area contributed by atoms with Gasteiger partial charge in [0.05, 0.1) is 22.5 Å². The van der Waals surface area contributed by atoms with E-state index in [1.807, 2.05) is 24.3 Å². The molecule has 1 aromatic heterocycles. The van der Waals surface area contributed by atoms with E-state index in [4.69, 9.17) is 11.6 Å². The molecule has 0 aliphatic carbocycles. The third kappa shape index (κ3) is 2.85. The van der Waals surface area contributed by atoms with Crippen molar-refractivity contribution >= 4 is 49.8 Å². The minimum absolute atomic E-state index is 0.536. The number of anilines is 2. The molecular formula is C16H9BrClN3. The fourth-order valence-electron chi connectivity index (χ4n) is 2.10. The van der Waals surface area contributed by atoms with Gasteiger partial charge in [-0.1, -0.05) is 23.7 Å². The summed E-state index contributed by atoms with van der Waals surface area (Å²) in [6.07, 6.45) is 1.75. The van der Waals surface area contributed by atoms with Crippen LogP contribution in [-0.2, 0) is 0 Å². The zero-order valence-corrected chi connectivity index (χ0v) is 13.1. The van der Waals surface area contributed by atoms with Gasteiger partial charge in [-0.05, 0) is 46.3 Å². The number of rotatable bonds is 2. The average Bonchev–Trinajstić information content (AvgIpc) is 2.47. The molecule has 0 saturated heterocycles. The molecule has 0 amide bonds. The highest BCUT2D eigenvalue weighted by Crippen LogP contribution is 2.29. The number of halogens is 2. The maximum Gasteiger partial charge on any atom is 0.101 e. The van der Waals surface area contributed by atoms with Crippen LogP contribution in [0.3, 0.4) is 0 Å². The molecule has 3 nitrogen and oxygen atoms in total. The Morgan fingerprint density at radius 2 is 2.00 bits per heavy atom. The van der Waals surface area contributed by atoms with Crippen molar-refractivity contribution in [1.29, 1.82) is 5.26 Å². The molecule has 0 aliphatic heterocycles. The van der Waals surface area contributed by atoms with Crippen LogP contribution in [0.1, 0.15) is 5.56 Å². The minimum Gasteiger partial charge on any atom is -0.353 e. The highest BCUT2D eigenvalue weighted by Gasteiger charge is 2.07. The summed E-state index contributed by atoms with van der Waals surface area (Å²) < 4.78 is 0.924. The van der Waals surface area contributed by atoms with E-state index < -0.39 is 0 Å². The van der Waals surface area contributed by atoms with Crippen molar-refractivity contribution in [2.24, 2.45) is 0 Å². The smallest absolute Gasteiger partial charge is 0.101 e. The van der Waals surface area contributed by atoms with Gasteiger partial charge in [-0.15, -0.1) is 0 Å². The number of aromatic nitrogens is 1. The summed E-state index contributed by atoms with van der Waals surface area (Å²) in [5.41, 5.74) is 2.87. The molecule has 0 atom stereocenters. The minimum atomic E-state index is 0.536. The third-order valence-corrected chi connectivity index (χ3v) is 3.72. The number of para-hydroxylation sites is 1. The van der Waals surface area contributed by atoms with Crippen LogP contribution in [0.2, 0.25) is 5.02 Å². The second-order valence-corrected chi connectivity index (χ2v) is 5.81. The number of pyridine rings is 1. The number of hydrogen-bond donors (Lipinski definition) is 1. The van der Waals surface area contributed by atoms with Crippen molar-refractivity contribution in [3.63, 3.8) is 0 Å². The van der Waals surface area contributed by atoms with Crippen LogP contribution < -0.4 is 5.32 Å². The van der Waals surface area contributed by atoms with Crippen LogP contribution in [0.25, 0.3) is 10.9 Å². The van der Waals surface area contributed by atoms with Gasteiger partial charge >= 0.3 is 0 Å². The molecule has 21 heavy (non-hydrogen) atoms. The fraction of sp³-hybridized carbons (Fsp3) is 0. The molecule has 102 valence electrons. The average molecular weight is 359 g/mol. The molecule has 2 aromatic carbocycles. The van der Waals surface area contributed by atoms with Crippen LogP contribution in [0.15, 0.2) is 53.1 Å². The molecule has 0 saturated carbocycles. The summed E-state index contributed by atoms with van der Waals surface area (Å²) in [4.78, 5) is 4.43. The summed E-state index contributed by atoms with van der Waals surface area (Å²) in [5, 5.41) is 14.0. The SMILES string of the molecule is N#Cc1ccc(Cl)cc1Nc1cccc2cc(Br)cnc12. The molecule has 1 heterocycles. The summed E-state index contributed by atoms with van der Waals surface area (Å²) in [6.45, 7) is 0. The molecule has 0 spiro atoms. The number of nitriles is 1. The van der Waals surface area contributed by atoms with Crippen LogP contribution >= 0.6 is 27.5 Å². The van der Waals surface area contributed by atoms with E-state index in [-0.39, 0.29) is 0 Å². The molecule has 3 aromatic rings. The summed E-state index contributed by atoms with van der Waals surface area (Å²) in [6, 6.07) is 15.1. The summed E-state index contributed by atoms with van der Waals surface area (Å²) in [7, 11) is 0. The largest absolute Gasteiger partial charge is 0.353 e. The first-order valence-corrected chi connectivity index (χ1v) is 7.35. The maximum absolute atomic E-state index is 9.18. The zero-order chi connectivity index (χ0) is 14.8. The molecular weight excluding hydrogens is 350 g/mol. The fourth-order valence-corrected chi connectivity index (χ4v) is 2.62. The Morgan fingerprint density at radius 3 is 2.81 bits per heavy atom. The molecule has 0 fully saturated rings. The van der Waals surface area contributed by atoms with Gasteiger partial charge in [0, 0.05) is 21.1 Å². The van der Waals surface area contributed by atoms with E-state index in [0.29, 0.717) is 16.3 Å². The Bertz CT molecular complexity index is 871. The van der Waals surface area contributed by atoms with Gasteiger partial charge in [-0.25, -0.2) is 0 Å². The Labute approximate surface area is 135 Å². The van der Waals surface area contributed by atoms with E-state index in [1.54, 1.807) is 24.4 Å². The Hall–Kier alpha value is -2.09. The summed E-state index contributed by atoms with van der Waals surface area (Å²) >= 11 is 9.42.